The Labute approximate surface area is 164 Å². The van der Waals surface area contributed by atoms with Crippen molar-refractivity contribution in [1.29, 1.82) is 0 Å². The van der Waals surface area contributed by atoms with Crippen LogP contribution >= 0.6 is 11.6 Å². The Balaban J connectivity index is 1.77. The second-order valence-electron chi connectivity index (χ2n) is 6.64. The summed E-state index contributed by atoms with van der Waals surface area (Å²) in [7, 11) is 0. The number of benzene rings is 1. The SMILES string of the molecule is CCOC(=O)c1ccc(C(=O)N2CCCC2Cc2ccccc2Cl)nc1C. The summed E-state index contributed by atoms with van der Waals surface area (Å²) < 4.78 is 5.02. The summed E-state index contributed by atoms with van der Waals surface area (Å²) in [6.07, 6.45) is 2.63. The second kappa shape index (κ2) is 8.53. The molecule has 3 rings (SSSR count). The van der Waals surface area contributed by atoms with Crippen molar-refractivity contribution in [3.8, 4) is 0 Å². The van der Waals surface area contributed by atoms with Crippen molar-refractivity contribution in [2.24, 2.45) is 0 Å². The number of hydrogen-bond acceptors (Lipinski definition) is 4. The van der Waals surface area contributed by atoms with E-state index in [1.165, 1.54) is 0 Å². The van der Waals surface area contributed by atoms with Gasteiger partial charge in [0, 0.05) is 17.6 Å². The van der Waals surface area contributed by atoms with Crippen LogP contribution in [0.25, 0.3) is 0 Å². The third-order valence-electron chi connectivity index (χ3n) is 4.85. The molecule has 0 N–H and O–H groups in total. The van der Waals surface area contributed by atoms with E-state index < -0.39 is 5.97 Å². The van der Waals surface area contributed by atoms with Crippen LogP contribution in [-0.4, -0.2) is 41.0 Å². The second-order valence-corrected chi connectivity index (χ2v) is 7.05. The molecule has 1 saturated heterocycles. The van der Waals surface area contributed by atoms with E-state index in [0.29, 0.717) is 30.1 Å². The zero-order chi connectivity index (χ0) is 19.4. The first kappa shape index (κ1) is 19.4. The molecule has 1 unspecified atom stereocenters. The fourth-order valence-electron chi connectivity index (χ4n) is 3.48. The minimum absolute atomic E-state index is 0.101. The van der Waals surface area contributed by atoms with Crippen LogP contribution in [0.4, 0.5) is 0 Å². The first-order valence-corrected chi connectivity index (χ1v) is 9.58. The minimum atomic E-state index is -0.417. The molecule has 1 aliphatic rings. The maximum absolute atomic E-state index is 13.0. The van der Waals surface area contributed by atoms with Crippen LogP contribution in [0.15, 0.2) is 36.4 Å². The maximum atomic E-state index is 13.0. The van der Waals surface area contributed by atoms with Gasteiger partial charge in [-0.15, -0.1) is 0 Å². The molecule has 0 bridgehead atoms. The van der Waals surface area contributed by atoms with Crippen LogP contribution < -0.4 is 0 Å². The van der Waals surface area contributed by atoms with E-state index in [0.717, 1.165) is 29.8 Å². The number of esters is 1. The number of nitrogens with zero attached hydrogens (tertiary/aromatic N) is 2. The summed E-state index contributed by atoms with van der Waals surface area (Å²) in [5.74, 6) is -0.526. The average molecular weight is 387 g/mol. The largest absolute Gasteiger partial charge is 0.462 e. The summed E-state index contributed by atoms with van der Waals surface area (Å²) in [5.41, 5.74) is 2.29. The number of carbonyl (C=O) groups excluding carboxylic acids is 2. The molecular weight excluding hydrogens is 364 g/mol. The molecule has 0 aliphatic carbocycles. The van der Waals surface area contributed by atoms with Crippen LogP contribution in [0, 0.1) is 6.92 Å². The van der Waals surface area contributed by atoms with Crippen molar-refractivity contribution >= 4 is 23.5 Å². The lowest BCUT2D eigenvalue weighted by Gasteiger charge is -2.25. The number of halogens is 1. The quantitative estimate of drug-likeness (QED) is 0.727. The molecule has 6 heteroatoms. The van der Waals surface area contributed by atoms with Gasteiger partial charge in [0.05, 0.1) is 17.9 Å². The Hall–Kier alpha value is -2.40. The molecule has 1 aromatic carbocycles. The molecule has 27 heavy (non-hydrogen) atoms. The first-order valence-electron chi connectivity index (χ1n) is 9.20. The highest BCUT2D eigenvalue weighted by Gasteiger charge is 2.31. The van der Waals surface area contributed by atoms with Crippen molar-refractivity contribution in [1.82, 2.24) is 9.88 Å². The third kappa shape index (κ3) is 4.30. The molecule has 142 valence electrons. The number of ether oxygens (including phenoxy) is 1. The monoisotopic (exact) mass is 386 g/mol. The van der Waals surface area contributed by atoms with E-state index in [4.69, 9.17) is 16.3 Å². The van der Waals surface area contributed by atoms with Gasteiger partial charge in [-0.3, -0.25) is 4.79 Å². The summed E-state index contributed by atoms with van der Waals surface area (Å²) in [4.78, 5) is 31.2. The van der Waals surface area contributed by atoms with Crippen molar-refractivity contribution in [3.63, 3.8) is 0 Å². The summed E-state index contributed by atoms with van der Waals surface area (Å²) in [6.45, 7) is 4.48. The maximum Gasteiger partial charge on any atom is 0.339 e. The van der Waals surface area contributed by atoms with Gasteiger partial charge in [0.15, 0.2) is 0 Å². The lowest BCUT2D eigenvalue weighted by atomic mass is 10.0. The molecule has 1 amide bonds. The van der Waals surface area contributed by atoms with Crippen LogP contribution in [0.3, 0.4) is 0 Å². The normalized spacial score (nSPS) is 16.4. The van der Waals surface area contributed by atoms with Gasteiger partial charge in [0.25, 0.3) is 5.91 Å². The number of aryl methyl sites for hydroxylation is 1. The van der Waals surface area contributed by atoms with Crippen molar-refractivity contribution in [3.05, 3.63) is 63.9 Å². The van der Waals surface area contributed by atoms with Gasteiger partial charge in [0.1, 0.15) is 5.69 Å². The van der Waals surface area contributed by atoms with Gasteiger partial charge in [-0.25, -0.2) is 9.78 Å². The summed E-state index contributed by atoms with van der Waals surface area (Å²) in [6, 6.07) is 11.1. The van der Waals surface area contributed by atoms with E-state index in [1.54, 1.807) is 26.0 Å². The van der Waals surface area contributed by atoms with Gasteiger partial charge in [-0.2, -0.15) is 0 Å². The van der Waals surface area contributed by atoms with Gasteiger partial charge in [-0.05, 0) is 56.9 Å². The molecule has 5 nitrogen and oxygen atoms in total. The first-order chi connectivity index (χ1) is 13.0. The van der Waals surface area contributed by atoms with E-state index >= 15 is 0 Å². The van der Waals surface area contributed by atoms with Gasteiger partial charge < -0.3 is 9.64 Å². The van der Waals surface area contributed by atoms with Crippen LogP contribution in [0.2, 0.25) is 5.02 Å². The Morgan fingerprint density at radius 1 is 1.26 bits per heavy atom. The molecule has 2 aromatic rings. The number of carbonyl (C=O) groups is 2. The lowest BCUT2D eigenvalue weighted by molar-refractivity contribution is 0.0523. The van der Waals surface area contributed by atoms with Crippen LogP contribution in [-0.2, 0) is 11.2 Å². The lowest BCUT2D eigenvalue weighted by Crippen LogP contribution is -2.37. The number of hydrogen-bond donors (Lipinski definition) is 0. The van der Waals surface area contributed by atoms with Crippen molar-refractivity contribution in [2.45, 2.75) is 39.2 Å². The Bertz CT molecular complexity index is 853. The molecule has 2 heterocycles. The number of pyridine rings is 1. The number of rotatable bonds is 5. The van der Waals surface area contributed by atoms with Gasteiger partial charge in [0.2, 0.25) is 0 Å². The fourth-order valence-corrected chi connectivity index (χ4v) is 3.70. The predicted molar refractivity (Wildman–Crippen MR) is 104 cm³/mol. The minimum Gasteiger partial charge on any atom is -0.462 e. The van der Waals surface area contributed by atoms with E-state index in [2.05, 4.69) is 4.98 Å². The highest BCUT2D eigenvalue weighted by Crippen LogP contribution is 2.26. The summed E-state index contributed by atoms with van der Waals surface area (Å²) >= 11 is 6.28. The predicted octanol–water partition coefficient (Wildman–Crippen LogP) is 4.07. The Kier molecular flexibility index (Phi) is 6.11. The Morgan fingerprint density at radius 3 is 2.74 bits per heavy atom. The fraction of sp³-hybridized carbons (Fsp3) is 0.381. The van der Waals surface area contributed by atoms with Crippen molar-refractivity contribution in [2.75, 3.05) is 13.2 Å². The van der Waals surface area contributed by atoms with E-state index in [1.807, 2.05) is 29.2 Å². The Morgan fingerprint density at radius 2 is 2.04 bits per heavy atom. The molecule has 0 spiro atoms. The van der Waals surface area contributed by atoms with Crippen molar-refractivity contribution < 1.29 is 14.3 Å². The number of amides is 1. The van der Waals surface area contributed by atoms with Crippen LogP contribution in [0.1, 0.15) is 51.9 Å². The molecular formula is C21H23ClN2O3. The molecule has 0 saturated carbocycles. The number of likely N-dealkylation sites (tertiary alicyclic amines) is 1. The molecule has 1 atom stereocenters. The topological polar surface area (TPSA) is 59.5 Å². The van der Waals surface area contributed by atoms with Crippen LogP contribution in [0.5, 0.6) is 0 Å². The highest BCUT2D eigenvalue weighted by atomic mass is 35.5. The van der Waals surface area contributed by atoms with E-state index in [9.17, 15) is 9.59 Å². The average Bonchev–Trinajstić information content (AvgIpc) is 3.11. The zero-order valence-corrected chi connectivity index (χ0v) is 16.3. The third-order valence-corrected chi connectivity index (χ3v) is 5.22. The standard InChI is InChI=1S/C21H23ClN2O3/c1-3-27-21(26)17-10-11-19(23-14(17)2)20(25)24-12-6-8-16(24)13-15-7-4-5-9-18(15)22/h4-5,7,9-11,16H,3,6,8,12-13H2,1-2H3. The highest BCUT2D eigenvalue weighted by molar-refractivity contribution is 6.31. The van der Waals surface area contributed by atoms with Gasteiger partial charge >= 0.3 is 5.97 Å². The molecule has 1 aromatic heterocycles. The summed E-state index contributed by atoms with van der Waals surface area (Å²) in [5, 5.41) is 0.726. The zero-order valence-electron chi connectivity index (χ0n) is 15.6. The van der Waals surface area contributed by atoms with Gasteiger partial charge in [-0.1, -0.05) is 29.8 Å². The molecule has 0 radical (unpaired) electrons. The molecule has 1 aliphatic heterocycles. The molecule has 1 fully saturated rings. The smallest absolute Gasteiger partial charge is 0.339 e. The van der Waals surface area contributed by atoms with E-state index in [-0.39, 0.29) is 11.9 Å². The number of aromatic nitrogens is 1.